The number of amides is 1. The summed E-state index contributed by atoms with van der Waals surface area (Å²) >= 11 is 3.28. The average molecular weight is 451 g/mol. The Morgan fingerprint density at radius 2 is 2.07 bits per heavy atom. The lowest BCUT2D eigenvalue weighted by molar-refractivity contribution is 0.0681. The topological polar surface area (TPSA) is 81.3 Å². The van der Waals surface area contributed by atoms with E-state index in [0.29, 0.717) is 23.4 Å². The van der Waals surface area contributed by atoms with Crippen LogP contribution < -0.4 is 10.6 Å². The van der Waals surface area contributed by atoms with Crippen molar-refractivity contribution in [2.24, 2.45) is 11.7 Å². The molecule has 3 heterocycles. The van der Waals surface area contributed by atoms with Crippen LogP contribution in [-0.4, -0.2) is 41.9 Å². The summed E-state index contributed by atoms with van der Waals surface area (Å²) in [7, 11) is 0. The number of aryl methyl sites for hydroxylation is 1. The Morgan fingerprint density at radius 3 is 2.70 bits per heavy atom. The van der Waals surface area contributed by atoms with Crippen molar-refractivity contribution >= 4 is 58.5 Å². The molecule has 2 unspecified atom stereocenters. The molecule has 2 aromatic heterocycles. The molecule has 2 aromatic rings. The first-order valence-electron chi connectivity index (χ1n) is 8.65. The fourth-order valence-electron chi connectivity index (χ4n) is 3.58. The second kappa shape index (κ2) is 9.52. The van der Waals surface area contributed by atoms with E-state index in [4.69, 9.17) is 10.5 Å². The van der Waals surface area contributed by atoms with Crippen LogP contribution in [0.4, 0.5) is 5.13 Å². The number of carbonyl (C=O) groups is 1. The quantitative estimate of drug-likeness (QED) is 0.725. The van der Waals surface area contributed by atoms with E-state index in [9.17, 15) is 4.79 Å². The van der Waals surface area contributed by atoms with Crippen LogP contribution in [-0.2, 0) is 4.74 Å². The highest BCUT2D eigenvalue weighted by molar-refractivity contribution is 7.15. The third-order valence-corrected chi connectivity index (χ3v) is 6.94. The maximum Gasteiger partial charge on any atom is 0.249 e. The Kier molecular flexibility index (Phi) is 7.88. The fourth-order valence-corrected chi connectivity index (χ4v) is 5.41. The van der Waals surface area contributed by atoms with Gasteiger partial charge in [0, 0.05) is 36.6 Å². The van der Waals surface area contributed by atoms with E-state index in [2.05, 4.69) is 15.1 Å². The lowest BCUT2D eigenvalue weighted by atomic mass is 10.00. The maximum absolute atomic E-state index is 11.7. The SMILES string of the molecule is Cc1nnc(N(CC2CCOCC2)C2CC2c2sccc2C(N)=O)s1.Cl.Cl. The Balaban J connectivity index is 0.00000131. The minimum absolute atomic E-state index is 0. The van der Waals surface area contributed by atoms with Crippen LogP contribution in [0.1, 0.15) is 45.4 Å². The molecular weight excluding hydrogens is 427 g/mol. The van der Waals surface area contributed by atoms with Gasteiger partial charge in [-0.2, -0.15) is 0 Å². The molecule has 0 aromatic carbocycles. The van der Waals surface area contributed by atoms with Crippen molar-refractivity contribution in [3.05, 3.63) is 26.9 Å². The third-order valence-electron chi connectivity index (χ3n) is 5.01. The van der Waals surface area contributed by atoms with Crippen LogP contribution in [0.2, 0.25) is 0 Å². The summed E-state index contributed by atoms with van der Waals surface area (Å²) in [5.74, 6) is 0.661. The summed E-state index contributed by atoms with van der Waals surface area (Å²) < 4.78 is 5.50. The predicted molar refractivity (Wildman–Crippen MR) is 114 cm³/mol. The molecule has 150 valence electrons. The third kappa shape index (κ3) is 4.92. The van der Waals surface area contributed by atoms with Gasteiger partial charge in [0.1, 0.15) is 5.01 Å². The number of carbonyl (C=O) groups excluding carboxylic acids is 1. The normalized spacial score (nSPS) is 21.8. The van der Waals surface area contributed by atoms with Crippen LogP contribution in [0.5, 0.6) is 0 Å². The highest BCUT2D eigenvalue weighted by atomic mass is 35.5. The number of nitrogens with zero attached hydrogens (tertiary/aromatic N) is 3. The molecule has 2 N–H and O–H groups in total. The Morgan fingerprint density at radius 1 is 1.33 bits per heavy atom. The van der Waals surface area contributed by atoms with Gasteiger partial charge in [-0.15, -0.1) is 46.3 Å². The number of thiophene rings is 1. The van der Waals surface area contributed by atoms with Gasteiger partial charge in [0.05, 0.1) is 5.56 Å². The number of hydrogen-bond acceptors (Lipinski definition) is 7. The van der Waals surface area contributed by atoms with Gasteiger partial charge >= 0.3 is 0 Å². The van der Waals surface area contributed by atoms with Crippen molar-refractivity contribution in [2.45, 2.75) is 38.1 Å². The number of primary amides is 1. The number of halogens is 2. The van der Waals surface area contributed by atoms with Gasteiger partial charge in [-0.25, -0.2) is 0 Å². The van der Waals surface area contributed by atoms with E-state index in [1.165, 1.54) is 0 Å². The van der Waals surface area contributed by atoms with E-state index < -0.39 is 0 Å². The largest absolute Gasteiger partial charge is 0.381 e. The van der Waals surface area contributed by atoms with E-state index in [1.807, 2.05) is 18.4 Å². The summed E-state index contributed by atoms with van der Waals surface area (Å²) in [6, 6.07) is 2.22. The molecule has 4 rings (SSSR count). The minimum atomic E-state index is -0.329. The smallest absolute Gasteiger partial charge is 0.249 e. The fraction of sp³-hybridized carbons (Fsp3) is 0.588. The van der Waals surface area contributed by atoms with Gasteiger partial charge in [-0.05, 0) is 43.6 Å². The van der Waals surface area contributed by atoms with Crippen molar-refractivity contribution in [1.29, 1.82) is 0 Å². The molecule has 2 aliphatic rings. The highest BCUT2D eigenvalue weighted by Crippen LogP contribution is 2.49. The first kappa shape index (κ1) is 22.4. The number of rotatable bonds is 6. The standard InChI is InChI=1S/C17H22N4O2S2.2ClH/c1-10-19-20-17(25-10)21(9-11-2-5-23-6-3-11)14-8-13(14)15-12(16(18)22)4-7-24-15;;/h4,7,11,13-14H,2-3,5-6,8-9H2,1H3,(H2,18,22);2*1H. The number of hydrogen-bond donors (Lipinski definition) is 1. The van der Waals surface area contributed by atoms with Crippen LogP contribution in [0, 0.1) is 12.8 Å². The number of ether oxygens (including phenoxy) is 1. The van der Waals surface area contributed by atoms with Crippen LogP contribution >= 0.6 is 47.5 Å². The Labute approximate surface area is 179 Å². The van der Waals surface area contributed by atoms with Gasteiger partial charge in [0.2, 0.25) is 11.0 Å². The van der Waals surface area contributed by atoms with E-state index in [0.717, 1.165) is 54.0 Å². The van der Waals surface area contributed by atoms with E-state index in [-0.39, 0.29) is 30.7 Å². The van der Waals surface area contributed by atoms with Gasteiger partial charge in [-0.3, -0.25) is 4.79 Å². The summed E-state index contributed by atoms with van der Waals surface area (Å²) in [6.07, 6.45) is 3.23. The molecule has 1 saturated carbocycles. The summed E-state index contributed by atoms with van der Waals surface area (Å²) in [5, 5.41) is 12.5. The molecule has 2 atom stereocenters. The van der Waals surface area contributed by atoms with Gasteiger partial charge in [0.25, 0.3) is 0 Å². The number of aromatic nitrogens is 2. The predicted octanol–water partition coefficient (Wildman–Crippen LogP) is 3.64. The Bertz CT molecular complexity index is 764. The molecule has 2 fully saturated rings. The molecule has 0 bridgehead atoms. The highest BCUT2D eigenvalue weighted by Gasteiger charge is 2.46. The van der Waals surface area contributed by atoms with E-state index >= 15 is 0 Å². The zero-order valence-corrected chi connectivity index (χ0v) is 18.3. The van der Waals surface area contributed by atoms with Crippen molar-refractivity contribution < 1.29 is 9.53 Å². The van der Waals surface area contributed by atoms with Gasteiger partial charge < -0.3 is 15.4 Å². The zero-order valence-electron chi connectivity index (χ0n) is 15.0. The molecule has 1 saturated heterocycles. The molecule has 1 aliphatic heterocycles. The van der Waals surface area contributed by atoms with E-state index in [1.54, 1.807) is 22.7 Å². The van der Waals surface area contributed by atoms with Crippen molar-refractivity contribution in [1.82, 2.24) is 10.2 Å². The van der Waals surface area contributed by atoms with Crippen LogP contribution in [0.3, 0.4) is 0 Å². The maximum atomic E-state index is 11.7. The zero-order chi connectivity index (χ0) is 17.4. The van der Waals surface area contributed by atoms with Crippen LogP contribution in [0.15, 0.2) is 11.4 Å². The van der Waals surface area contributed by atoms with Crippen molar-refractivity contribution in [3.8, 4) is 0 Å². The van der Waals surface area contributed by atoms with Crippen molar-refractivity contribution in [2.75, 3.05) is 24.7 Å². The minimum Gasteiger partial charge on any atom is -0.381 e. The second-order valence-corrected chi connectivity index (χ2v) is 8.89. The first-order valence-corrected chi connectivity index (χ1v) is 10.3. The second-order valence-electron chi connectivity index (χ2n) is 6.78. The average Bonchev–Trinajstić information content (AvgIpc) is 3.02. The molecule has 6 nitrogen and oxygen atoms in total. The van der Waals surface area contributed by atoms with Crippen molar-refractivity contribution in [3.63, 3.8) is 0 Å². The monoisotopic (exact) mass is 450 g/mol. The lowest BCUT2D eigenvalue weighted by Crippen LogP contribution is -2.35. The summed E-state index contributed by atoms with van der Waals surface area (Å²) in [6.45, 7) is 4.66. The lowest BCUT2D eigenvalue weighted by Gasteiger charge is -2.29. The summed E-state index contributed by atoms with van der Waals surface area (Å²) in [5.41, 5.74) is 6.21. The van der Waals surface area contributed by atoms with Crippen LogP contribution in [0.25, 0.3) is 0 Å². The molecule has 0 radical (unpaired) electrons. The molecule has 1 amide bonds. The number of nitrogens with two attached hydrogens (primary N) is 1. The molecule has 0 spiro atoms. The molecule has 1 aliphatic carbocycles. The Hall–Kier alpha value is -0.930. The molecular formula is C17H24Cl2N4O2S2. The summed E-state index contributed by atoms with van der Waals surface area (Å²) in [4.78, 5) is 15.2. The molecule has 10 heteroatoms. The van der Waals surface area contributed by atoms with Gasteiger partial charge in [-0.1, -0.05) is 11.3 Å². The van der Waals surface area contributed by atoms with Gasteiger partial charge in [0.15, 0.2) is 0 Å². The number of anilines is 1. The molecule has 27 heavy (non-hydrogen) atoms. The first-order chi connectivity index (χ1) is 12.1.